The minimum atomic E-state index is -4.64. The van der Waals surface area contributed by atoms with E-state index in [0.29, 0.717) is 0 Å². The summed E-state index contributed by atoms with van der Waals surface area (Å²) in [5.74, 6) is -1.93. The van der Waals surface area contributed by atoms with Crippen molar-refractivity contribution in [2.75, 3.05) is 19.6 Å². The van der Waals surface area contributed by atoms with Crippen molar-refractivity contribution < 1.29 is 35.9 Å². The summed E-state index contributed by atoms with van der Waals surface area (Å²) in [6, 6.07) is 9.59. The van der Waals surface area contributed by atoms with Crippen molar-refractivity contribution in [3.63, 3.8) is 0 Å². The van der Waals surface area contributed by atoms with Crippen LogP contribution in [0.25, 0.3) is 0 Å². The first-order chi connectivity index (χ1) is 15.0. The van der Waals surface area contributed by atoms with Crippen molar-refractivity contribution in [1.82, 2.24) is 9.62 Å². The van der Waals surface area contributed by atoms with Crippen LogP contribution < -0.4 is 5.32 Å². The van der Waals surface area contributed by atoms with Crippen molar-refractivity contribution in [3.05, 3.63) is 65.5 Å². The predicted molar refractivity (Wildman–Crippen MR) is 107 cm³/mol. The highest BCUT2D eigenvalue weighted by Crippen LogP contribution is 2.34. The molecule has 0 radical (unpaired) electrons. The fourth-order valence-corrected chi connectivity index (χ4v) is 5.18. The van der Waals surface area contributed by atoms with E-state index in [-0.39, 0.29) is 31.5 Å². The Morgan fingerprint density at radius 2 is 1.69 bits per heavy atom. The summed E-state index contributed by atoms with van der Waals surface area (Å²) in [4.78, 5) is 12.0. The lowest BCUT2D eigenvalue weighted by Gasteiger charge is -2.30. The maximum absolute atomic E-state index is 13.9. The number of benzene rings is 2. The molecule has 2 aromatic carbocycles. The first-order valence-corrected chi connectivity index (χ1v) is 11.3. The van der Waals surface area contributed by atoms with Crippen molar-refractivity contribution in [1.29, 1.82) is 0 Å². The SMILES string of the molecule is O=C(NCC(O)c1ccccc1C(F)(F)F)C1CCN(S(=O)(=O)c2ccccc2F)CC1. The van der Waals surface area contributed by atoms with E-state index < -0.39 is 56.9 Å². The molecule has 1 amide bonds. The van der Waals surface area contributed by atoms with Crippen LogP contribution in [0.3, 0.4) is 0 Å². The molecule has 174 valence electrons. The Labute approximate surface area is 182 Å². The molecule has 0 aliphatic carbocycles. The number of alkyl halides is 3. The van der Waals surface area contributed by atoms with Crippen molar-refractivity contribution in [3.8, 4) is 0 Å². The minimum absolute atomic E-state index is 0.00574. The smallest absolute Gasteiger partial charge is 0.387 e. The first kappa shape index (κ1) is 24.1. The predicted octanol–water partition coefficient (Wildman–Crippen LogP) is 3.10. The van der Waals surface area contributed by atoms with E-state index in [1.807, 2.05) is 0 Å². The number of piperidine rings is 1. The second-order valence-electron chi connectivity index (χ2n) is 7.45. The Bertz CT molecular complexity index is 1070. The second-order valence-corrected chi connectivity index (χ2v) is 9.36. The number of amides is 1. The van der Waals surface area contributed by atoms with E-state index in [9.17, 15) is 35.9 Å². The van der Waals surface area contributed by atoms with Gasteiger partial charge in [-0.2, -0.15) is 17.5 Å². The third-order valence-electron chi connectivity index (χ3n) is 5.37. The topological polar surface area (TPSA) is 86.7 Å². The molecule has 1 unspecified atom stereocenters. The average molecular weight is 474 g/mol. The number of halogens is 4. The number of hydrogen-bond donors (Lipinski definition) is 2. The number of aliphatic hydroxyl groups excluding tert-OH is 1. The molecule has 3 rings (SSSR count). The molecule has 1 heterocycles. The second kappa shape index (κ2) is 9.55. The number of aliphatic hydroxyl groups is 1. The van der Waals surface area contributed by atoms with Crippen molar-refractivity contribution in [2.45, 2.75) is 30.0 Å². The zero-order valence-electron chi connectivity index (χ0n) is 16.8. The third kappa shape index (κ3) is 5.28. The van der Waals surface area contributed by atoms with Gasteiger partial charge in [0.25, 0.3) is 0 Å². The quantitative estimate of drug-likeness (QED) is 0.630. The molecule has 2 aromatic rings. The van der Waals surface area contributed by atoms with Gasteiger partial charge >= 0.3 is 6.18 Å². The molecule has 1 aliphatic rings. The highest BCUT2D eigenvalue weighted by atomic mass is 32.2. The third-order valence-corrected chi connectivity index (χ3v) is 7.31. The maximum atomic E-state index is 13.9. The molecule has 0 bridgehead atoms. The summed E-state index contributed by atoms with van der Waals surface area (Å²) in [6.45, 7) is -0.428. The van der Waals surface area contributed by atoms with Crippen LogP contribution in [0.4, 0.5) is 17.6 Å². The first-order valence-electron chi connectivity index (χ1n) is 9.88. The van der Waals surface area contributed by atoms with Gasteiger partial charge in [-0.1, -0.05) is 30.3 Å². The monoisotopic (exact) mass is 474 g/mol. The summed E-state index contributed by atoms with van der Waals surface area (Å²) in [6.07, 6.45) is -5.87. The van der Waals surface area contributed by atoms with Gasteiger partial charge in [0.05, 0.1) is 11.7 Å². The molecule has 32 heavy (non-hydrogen) atoms. The average Bonchev–Trinajstić information content (AvgIpc) is 2.77. The molecule has 1 aliphatic heterocycles. The zero-order valence-corrected chi connectivity index (χ0v) is 17.7. The van der Waals surface area contributed by atoms with Crippen LogP contribution in [0.2, 0.25) is 0 Å². The lowest BCUT2D eigenvalue weighted by atomic mass is 9.96. The van der Waals surface area contributed by atoms with Gasteiger partial charge in [-0.05, 0) is 36.6 Å². The van der Waals surface area contributed by atoms with E-state index in [0.717, 1.165) is 22.5 Å². The number of nitrogens with one attached hydrogen (secondary N) is 1. The van der Waals surface area contributed by atoms with Crippen molar-refractivity contribution >= 4 is 15.9 Å². The molecule has 11 heteroatoms. The standard InChI is InChI=1S/C21H22F4N2O4S/c22-17-7-3-4-8-19(17)32(30,31)27-11-9-14(10-12-27)20(29)26-13-18(28)15-5-1-2-6-16(15)21(23,24)25/h1-8,14,18,28H,9-13H2,(H,26,29). The Morgan fingerprint density at radius 1 is 1.09 bits per heavy atom. The molecule has 1 atom stereocenters. The highest BCUT2D eigenvalue weighted by molar-refractivity contribution is 7.89. The van der Waals surface area contributed by atoms with Gasteiger partial charge in [-0.15, -0.1) is 0 Å². The number of nitrogens with zero attached hydrogens (tertiary/aromatic N) is 1. The van der Waals surface area contributed by atoms with E-state index in [1.165, 1.54) is 30.3 Å². The Hall–Kier alpha value is -2.50. The van der Waals surface area contributed by atoms with E-state index in [2.05, 4.69) is 5.32 Å². The number of rotatable bonds is 6. The molecule has 2 N–H and O–H groups in total. The molecule has 0 aromatic heterocycles. The van der Waals surface area contributed by atoms with Crippen LogP contribution in [0.15, 0.2) is 53.4 Å². The van der Waals surface area contributed by atoms with Gasteiger partial charge in [0, 0.05) is 25.6 Å². The molecule has 0 saturated carbocycles. The van der Waals surface area contributed by atoms with Crippen LogP contribution in [0.1, 0.15) is 30.1 Å². The summed E-state index contributed by atoms with van der Waals surface area (Å²) in [7, 11) is -4.04. The van der Waals surface area contributed by atoms with Crippen LogP contribution in [0, 0.1) is 11.7 Å². The summed E-state index contributed by atoms with van der Waals surface area (Å²) < 4.78 is 79.6. The molecule has 1 saturated heterocycles. The maximum Gasteiger partial charge on any atom is 0.416 e. The fraction of sp³-hybridized carbons (Fsp3) is 0.381. The lowest BCUT2D eigenvalue weighted by Crippen LogP contribution is -2.43. The summed E-state index contributed by atoms with van der Waals surface area (Å²) in [5, 5.41) is 12.6. The molecular formula is C21H22F4N2O4S. The van der Waals surface area contributed by atoms with Gasteiger partial charge in [-0.25, -0.2) is 12.8 Å². The molecule has 0 spiro atoms. The van der Waals surface area contributed by atoms with E-state index in [4.69, 9.17) is 0 Å². The number of hydrogen-bond acceptors (Lipinski definition) is 4. The van der Waals surface area contributed by atoms with E-state index >= 15 is 0 Å². The van der Waals surface area contributed by atoms with Gasteiger partial charge in [0.1, 0.15) is 10.7 Å². The van der Waals surface area contributed by atoms with E-state index in [1.54, 1.807) is 0 Å². The lowest BCUT2D eigenvalue weighted by molar-refractivity contribution is -0.139. The fourth-order valence-electron chi connectivity index (χ4n) is 3.65. The van der Waals surface area contributed by atoms with Crippen LogP contribution in [-0.2, 0) is 21.0 Å². The molecule has 6 nitrogen and oxygen atoms in total. The van der Waals surface area contributed by atoms with Crippen LogP contribution in [-0.4, -0.2) is 43.4 Å². The summed E-state index contributed by atoms with van der Waals surface area (Å²) in [5.41, 5.74) is -1.32. The number of carbonyl (C=O) groups excluding carboxylic acids is 1. The molecule has 1 fully saturated rings. The number of sulfonamides is 1. The Morgan fingerprint density at radius 3 is 2.31 bits per heavy atom. The molecular weight excluding hydrogens is 452 g/mol. The largest absolute Gasteiger partial charge is 0.416 e. The van der Waals surface area contributed by atoms with Gasteiger partial charge < -0.3 is 10.4 Å². The highest BCUT2D eigenvalue weighted by Gasteiger charge is 2.36. The van der Waals surface area contributed by atoms with Gasteiger partial charge in [-0.3, -0.25) is 4.79 Å². The Kier molecular flexibility index (Phi) is 7.21. The van der Waals surface area contributed by atoms with Crippen molar-refractivity contribution in [2.24, 2.45) is 5.92 Å². The normalized spacial score (nSPS) is 17.2. The Balaban J connectivity index is 1.57. The van der Waals surface area contributed by atoms with Gasteiger partial charge in [0.15, 0.2) is 0 Å². The van der Waals surface area contributed by atoms with Crippen LogP contribution >= 0.6 is 0 Å². The number of carbonyl (C=O) groups is 1. The van der Waals surface area contributed by atoms with Gasteiger partial charge in [0.2, 0.25) is 15.9 Å². The zero-order chi connectivity index (χ0) is 23.5. The van der Waals surface area contributed by atoms with Crippen LogP contribution in [0.5, 0.6) is 0 Å². The minimum Gasteiger partial charge on any atom is -0.387 e. The summed E-state index contributed by atoms with van der Waals surface area (Å²) >= 11 is 0.